The number of carbonyl (C=O) groups is 1. The number of nitrogens with one attached hydrogen (secondary N) is 1. The first-order valence-corrected chi connectivity index (χ1v) is 7.29. The lowest BCUT2D eigenvalue weighted by atomic mass is 10.2. The first-order valence-electron chi connectivity index (χ1n) is 6.02. The minimum atomic E-state index is -1.17. The molecule has 1 amide bonds. The summed E-state index contributed by atoms with van der Waals surface area (Å²) in [6.07, 6.45) is 0.789. The Labute approximate surface area is 110 Å². The number of carbonyl (C=O) groups excluding carboxylic acids is 1. The predicted octanol–water partition coefficient (Wildman–Crippen LogP) is 2.14. The van der Waals surface area contributed by atoms with Gasteiger partial charge in [-0.2, -0.15) is 0 Å². The molecule has 0 fully saturated rings. The third kappa shape index (κ3) is 3.57. The lowest BCUT2D eigenvalue weighted by Gasteiger charge is -2.16. The van der Waals surface area contributed by atoms with Gasteiger partial charge in [-0.15, -0.1) is 0 Å². The molecule has 0 saturated heterocycles. The van der Waals surface area contributed by atoms with E-state index in [1.165, 1.54) is 0 Å². The summed E-state index contributed by atoms with van der Waals surface area (Å²) in [7, 11) is -1.17. The average Bonchev–Trinajstić information content (AvgIpc) is 2.38. The van der Waals surface area contributed by atoms with Crippen LogP contribution in [0.5, 0.6) is 0 Å². The van der Waals surface area contributed by atoms with Crippen LogP contribution in [0.2, 0.25) is 0 Å². The summed E-state index contributed by atoms with van der Waals surface area (Å²) in [5.41, 5.74) is 6.81. The summed E-state index contributed by atoms with van der Waals surface area (Å²) in [5, 5.41) is 2.18. The van der Waals surface area contributed by atoms with Gasteiger partial charge < -0.3 is 11.1 Å². The SMILES string of the molecule is CCC(C)S(=O)C(C)C(=O)Nc1ccccc1N. The van der Waals surface area contributed by atoms with Gasteiger partial charge in [0.15, 0.2) is 0 Å². The molecule has 0 aliphatic rings. The number of nitrogen functional groups attached to an aromatic ring is 1. The third-order valence-corrected chi connectivity index (χ3v) is 4.95. The van der Waals surface area contributed by atoms with E-state index in [0.717, 1.165) is 6.42 Å². The van der Waals surface area contributed by atoms with Crippen LogP contribution < -0.4 is 11.1 Å². The minimum Gasteiger partial charge on any atom is -0.397 e. The number of benzene rings is 1. The lowest BCUT2D eigenvalue weighted by Crippen LogP contribution is -2.33. The highest BCUT2D eigenvalue weighted by Gasteiger charge is 2.23. The highest BCUT2D eigenvalue weighted by Crippen LogP contribution is 2.18. The van der Waals surface area contributed by atoms with Crippen LogP contribution in [0.4, 0.5) is 11.4 Å². The highest BCUT2D eigenvalue weighted by molar-refractivity contribution is 7.87. The fourth-order valence-electron chi connectivity index (χ4n) is 1.46. The summed E-state index contributed by atoms with van der Waals surface area (Å²) in [6.45, 7) is 5.52. The molecule has 1 rings (SSSR count). The zero-order chi connectivity index (χ0) is 13.7. The topological polar surface area (TPSA) is 72.2 Å². The molecule has 4 nitrogen and oxygen atoms in total. The Hall–Kier alpha value is -1.36. The minimum absolute atomic E-state index is 0.0128. The summed E-state index contributed by atoms with van der Waals surface area (Å²) in [4.78, 5) is 12.0. The molecule has 3 unspecified atom stereocenters. The second-order valence-electron chi connectivity index (χ2n) is 4.27. The molecule has 18 heavy (non-hydrogen) atoms. The fourth-order valence-corrected chi connectivity index (χ4v) is 2.76. The van der Waals surface area contributed by atoms with Crippen LogP contribution in [0, 0.1) is 0 Å². The van der Waals surface area contributed by atoms with Crippen molar-refractivity contribution < 1.29 is 9.00 Å². The Morgan fingerprint density at radius 2 is 2.00 bits per heavy atom. The molecule has 0 aliphatic carbocycles. The molecule has 0 aliphatic heterocycles. The van der Waals surface area contributed by atoms with Gasteiger partial charge in [-0.05, 0) is 25.5 Å². The summed E-state index contributed by atoms with van der Waals surface area (Å²) in [6, 6.07) is 7.03. The first-order chi connectivity index (χ1) is 8.47. The van der Waals surface area contributed by atoms with Gasteiger partial charge in [0.05, 0.1) is 11.4 Å². The molecule has 3 atom stereocenters. The summed E-state index contributed by atoms with van der Waals surface area (Å²) in [5.74, 6) is -0.258. The summed E-state index contributed by atoms with van der Waals surface area (Å²) >= 11 is 0. The van der Waals surface area contributed by atoms with Crippen LogP contribution >= 0.6 is 0 Å². The van der Waals surface area contributed by atoms with Crippen LogP contribution in [0.3, 0.4) is 0 Å². The fraction of sp³-hybridized carbons (Fsp3) is 0.462. The van der Waals surface area contributed by atoms with Gasteiger partial charge in [0.1, 0.15) is 5.25 Å². The normalized spacial score (nSPS) is 15.7. The number of hydrogen-bond acceptors (Lipinski definition) is 3. The monoisotopic (exact) mass is 268 g/mol. The van der Waals surface area contributed by atoms with Crippen LogP contribution in [0.15, 0.2) is 24.3 Å². The number of para-hydroxylation sites is 2. The molecule has 5 heteroatoms. The molecule has 0 saturated carbocycles. The van der Waals surface area contributed by atoms with Gasteiger partial charge in [0, 0.05) is 16.0 Å². The Kier molecular flexibility index (Phi) is 5.34. The van der Waals surface area contributed by atoms with E-state index < -0.39 is 16.0 Å². The molecule has 1 aromatic rings. The Balaban J connectivity index is 2.72. The van der Waals surface area contributed by atoms with Crippen molar-refractivity contribution in [2.24, 2.45) is 0 Å². The molecule has 0 radical (unpaired) electrons. The van der Waals surface area contributed by atoms with Gasteiger partial charge in [0.25, 0.3) is 0 Å². The molecule has 0 aromatic heterocycles. The number of rotatable bonds is 5. The standard InChI is InChI=1S/C13H20N2O2S/c1-4-9(2)18(17)10(3)13(16)15-12-8-6-5-7-11(12)14/h5-10H,4,14H2,1-3H3,(H,15,16). The van der Waals surface area contributed by atoms with Crippen molar-refractivity contribution in [1.29, 1.82) is 0 Å². The van der Waals surface area contributed by atoms with Gasteiger partial charge in [-0.3, -0.25) is 9.00 Å². The second kappa shape index (κ2) is 6.54. The van der Waals surface area contributed by atoms with Crippen molar-refractivity contribution in [1.82, 2.24) is 0 Å². The number of amides is 1. The van der Waals surface area contributed by atoms with Crippen molar-refractivity contribution in [3.8, 4) is 0 Å². The van der Waals surface area contributed by atoms with E-state index >= 15 is 0 Å². The maximum absolute atomic E-state index is 12.0. The molecule has 0 spiro atoms. The smallest absolute Gasteiger partial charge is 0.239 e. The molecule has 3 N–H and O–H groups in total. The van der Waals surface area contributed by atoms with Gasteiger partial charge in [0.2, 0.25) is 5.91 Å². The third-order valence-electron chi connectivity index (χ3n) is 2.91. The van der Waals surface area contributed by atoms with Crippen LogP contribution in [-0.2, 0) is 15.6 Å². The van der Waals surface area contributed by atoms with Crippen molar-refractivity contribution in [3.63, 3.8) is 0 Å². The molecule has 100 valence electrons. The van der Waals surface area contributed by atoms with Crippen LogP contribution in [-0.4, -0.2) is 20.6 Å². The maximum Gasteiger partial charge on any atom is 0.239 e. The average molecular weight is 268 g/mol. The van der Waals surface area contributed by atoms with Crippen molar-refractivity contribution in [2.75, 3.05) is 11.1 Å². The first kappa shape index (κ1) is 14.7. The Bertz CT molecular complexity index is 448. The second-order valence-corrected chi connectivity index (χ2v) is 6.44. The molecule has 1 aromatic carbocycles. The molecule has 0 bridgehead atoms. The van der Waals surface area contributed by atoms with E-state index in [1.807, 2.05) is 13.8 Å². The number of anilines is 2. The van der Waals surface area contributed by atoms with Crippen molar-refractivity contribution in [2.45, 2.75) is 37.7 Å². The number of hydrogen-bond donors (Lipinski definition) is 2. The lowest BCUT2D eigenvalue weighted by molar-refractivity contribution is -0.115. The highest BCUT2D eigenvalue weighted by atomic mass is 32.2. The van der Waals surface area contributed by atoms with Crippen molar-refractivity contribution in [3.05, 3.63) is 24.3 Å². The molecule has 0 heterocycles. The molecular weight excluding hydrogens is 248 g/mol. The van der Waals surface area contributed by atoms with Gasteiger partial charge >= 0.3 is 0 Å². The summed E-state index contributed by atoms with van der Waals surface area (Å²) < 4.78 is 12.0. The van der Waals surface area contributed by atoms with E-state index in [-0.39, 0.29) is 11.2 Å². The van der Waals surface area contributed by atoms with Gasteiger partial charge in [-0.1, -0.05) is 26.0 Å². The predicted molar refractivity (Wildman–Crippen MR) is 76.8 cm³/mol. The van der Waals surface area contributed by atoms with E-state index in [4.69, 9.17) is 5.73 Å². The zero-order valence-corrected chi connectivity index (χ0v) is 11.8. The van der Waals surface area contributed by atoms with Crippen LogP contribution in [0.25, 0.3) is 0 Å². The maximum atomic E-state index is 12.0. The quantitative estimate of drug-likeness (QED) is 0.804. The van der Waals surface area contributed by atoms with Crippen molar-refractivity contribution >= 4 is 28.1 Å². The van der Waals surface area contributed by atoms with E-state index in [1.54, 1.807) is 31.2 Å². The zero-order valence-electron chi connectivity index (χ0n) is 11.0. The molecular formula is C13H20N2O2S. The Morgan fingerprint density at radius 3 is 2.56 bits per heavy atom. The largest absolute Gasteiger partial charge is 0.397 e. The van der Waals surface area contributed by atoms with E-state index in [9.17, 15) is 9.00 Å². The van der Waals surface area contributed by atoms with Crippen LogP contribution in [0.1, 0.15) is 27.2 Å². The number of nitrogens with two attached hydrogens (primary N) is 1. The Morgan fingerprint density at radius 1 is 1.39 bits per heavy atom. The van der Waals surface area contributed by atoms with E-state index in [2.05, 4.69) is 5.32 Å². The van der Waals surface area contributed by atoms with E-state index in [0.29, 0.717) is 11.4 Å². The van der Waals surface area contributed by atoms with Gasteiger partial charge in [-0.25, -0.2) is 0 Å².